The second-order valence-corrected chi connectivity index (χ2v) is 5.15. The van der Waals surface area contributed by atoms with E-state index in [1.54, 1.807) is 11.3 Å². The van der Waals surface area contributed by atoms with Crippen molar-refractivity contribution in [1.82, 2.24) is 10.3 Å². The van der Waals surface area contributed by atoms with E-state index in [2.05, 4.69) is 29.5 Å². The molecule has 4 heteroatoms. The molecule has 0 spiro atoms. The van der Waals surface area contributed by atoms with Crippen molar-refractivity contribution >= 4 is 11.3 Å². The molecule has 1 atom stereocenters. The number of ether oxygens (including phenoxy) is 1. The van der Waals surface area contributed by atoms with Crippen LogP contribution in [0.25, 0.3) is 0 Å². The summed E-state index contributed by atoms with van der Waals surface area (Å²) in [5.74, 6) is 0.541. The molecule has 1 aromatic rings. The summed E-state index contributed by atoms with van der Waals surface area (Å²) in [6, 6.07) is 0.445. The Kier molecular flexibility index (Phi) is 3.72. The van der Waals surface area contributed by atoms with Gasteiger partial charge in [0.25, 0.3) is 0 Å². The number of rotatable bonds is 3. The molecule has 1 unspecified atom stereocenters. The Labute approximate surface area is 94.9 Å². The first kappa shape index (κ1) is 11.0. The molecule has 3 nitrogen and oxygen atoms in total. The molecule has 0 aromatic carbocycles. The minimum atomic E-state index is 0.445. The Morgan fingerprint density at radius 3 is 3.13 bits per heavy atom. The third kappa shape index (κ3) is 3.00. The third-order valence-corrected chi connectivity index (χ3v) is 3.71. The number of hydrogen-bond donors (Lipinski definition) is 1. The monoisotopic (exact) mass is 226 g/mol. The lowest BCUT2D eigenvalue weighted by molar-refractivity contribution is 0.0767. The molecule has 2 heterocycles. The van der Waals surface area contributed by atoms with E-state index in [1.807, 2.05) is 0 Å². The van der Waals surface area contributed by atoms with Crippen molar-refractivity contribution in [1.29, 1.82) is 0 Å². The second-order valence-electron chi connectivity index (χ2n) is 4.26. The molecule has 2 rings (SSSR count). The largest absolute Gasteiger partial charge is 0.379 e. The maximum absolute atomic E-state index is 5.42. The molecule has 15 heavy (non-hydrogen) atoms. The van der Waals surface area contributed by atoms with Crippen LogP contribution < -0.4 is 5.32 Å². The minimum absolute atomic E-state index is 0.445. The Balaban J connectivity index is 1.91. The Bertz CT molecular complexity index is 305. The van der Waals surface area contributed by atoms with E-state index in [1.165, 1.54) is 10.7 Å². The highest BCUT2D eigenvalue weighted by Crippen LogP contribution is 2.20. The fourth-order valence-electron chi connectivity index (χ4n) is 1.68. The average Bonchev–Trinajstić information content (AvgIpc) is 2.68. The van der Waals surface area contributed by atoms with E-state index in [0.717, 1.165) is 26.2 Å². The van der Waals surface area contributed by atoms with Gasteiger partial charge in [0.1, 0.15) is 0 Å². The van der Waals surface area contributed by atoms with Crippen LogP contribution in [0.2, 0.25) is 0 Å². The van der Waals surface area contributed by atoms with E-state index >= 15 is 0 Å². The van der Waals surface area contributed by atoms with Crippen LogP contribution in [0.3, 0.4) is 0 Å². The smallest absolute Gasteiger partial charge is 0.0953 e. The molecule has 1 aromatic heterocycles. The zero-order chi connectivity index (χ0) is 10.7. The number of thiazole rings is 1. The summed E-state index contributed by atoms with van der Waals surface area (Å²) in [7, 11) is 0. The fourth-order valence-corrected chi connectivity index (χ4v) is 2.53. The predicted octanol–water partition coefficient (Wildman–Crippen LogP) is 1.80. The van der Waals surface area contributed by atoms with Gasteiger partial charge >= 0.3 is 0 Å². The number of nitrogens with one attached hydrogen (secondary N) is 1. The number of aromatic nitrogens is 1. The van der Waals surface area contributed by atoms with Gasteiger partial charge in [-0.25, -0.2) is 4.98 Å². The molecule has 1 aliphatic rings. The maximum atomic E-state index is 5.42. The van der Waals surface area contributed by atoms with E-state index in [-0.39, 0.29) is 0 Å². The summed E-state index contributed by atoms with van der Waals surface area (Å²) in [5, 5.41) is 6.86. The van der Waals surface area contributed by atoms with Crippen LogP contribution in [0.4, 0.5) is 0 Å². The number of nitrogens with zero attached hydrogens (tertiary/aromatic N) is 1. The SMILES string of the molecule is CC(C)c1nc(CC2COCCN2)cs1. The Morgan fingerprint density at radius 2 is 2.53 bits per heavy atom. The zero-order valence-electron chi connectivity index (χ0n) is 9.32. The highest BCUT2D eigenvalue weighted by molar-refractivity contribution is 7.09. The van der Waals surface area contributed by atoms with Gasteiger partial charge in [-0.2, -0.15) is 0 Å². The molecule has 1 aliphatic heterocycles. The molecule has 1 N–H and O–H groups in total. The Morgan fingerprint density at radius 1 is 1.67 bits per heavy atom. The quantitative estimate of drug-likeness (QED) is 0.853. The molecule has 0 amide bonds. The Hall–Kier alpha value is -0.450. The number of morpholine rings is 1. The zero-order valence-corrected chi connectivity index (χ0v) is 10.1. The molecule has 1 saturated heterocycles. The van der Waals surface area contributed by atoms with Crippen LogP contribution in [0.5, 0.6) is 0 Å². The van der Waals surface area contributed by atoms with E-state index < -0.39 is 0 Å². The fraction of sp³-hybridized carbons (Fsp3) is 0.727. The summed E-state index contributed by atoms with van der Waals surface area (Å²) in [6.07, 6.45) is 0.989. The van der Waals surface area contributed by atoms with Gasteiger partial charge in [0.05, 0.1) is 23.9 Å². The topological polar surface area (TPSA) is 34.1 Å². The summed E-state index contributed by atoms with van der Waals surface area (Å²) >= 11 is 1.77. The summed E-state index contributed by atoms with van der Waals surface area (Å²) in [5.41, 5.74) is 1.20. The van der Waals surface area contributed by atoms with Crippen molar-refractivity contribution in [2.75, 3.05) is 19.8 Å². The highest BCUT2D eigenvalue weighted by Gasteiger charge is 2.15. The molecule has 0 saturated carbocycles. The first-order valence-corrected chi connectivity index (χ1v) is 6.39. The molecule has 0 bridgehead atoms. The van der Waals surface area contributed by atoms with Crippen LogP contribution in [-0.2, 0) is 11.2 Å². The summed E-state index contributed by atoms with van der Waals surface area (Å²) in [4.78, 5) is 4.63. The second kappa shape index (κ2) is 5.05. The molecule has 84 valence electrons. The average molecular weight is 226 g/mol. The minimum Gasteiger partial charge on any atom is -0.379 e. The van der Waals surface area contributed by atoms with Crippen LogP contribution in [0.1, 0.15) is 30.5 Å². The number of hydrogen-bond acceptors (Lipinski definition) is 4. The molecule has 0 aliphatic carbocycles. The molecular weight excluding hydrogens is 208 g/mol. The molecule has 1 fully saturated rings. The first-order valence-electron chi connectivity index (χ1n) is 5.51. The van der Waals surface area contributed by atoms with Gasteiger partial charge in [0.15, 0.2) is 0 Å². The van der Waals surface area contributed by atoms with Crippen molar-refractivity contribution in [2.24, 2.45) is 0 Å². The van der Waals surface area contributed by atoms with Gasteiger partial charge in [0.2, 0.25) is 0 Å². The van der Waals surface area contributed by atoms with Crippen molar-refractivity contribution in [3.8, 4) is 0 Å². The third-order valence-electron chi connectivity index (χ3n) is 2.52. The summed E-state index contributed by atoms with van der Waals surface area (Å²) in [6.45, 7) is 6.99. The van der Waals surface area contributed by atoms with E-state index in [4.69, 9.17) is 4.74 Å². The highest BCUT2D eigenvalue weighted by atomic mass is 32.1. The van der Waals surface area contributed by atoms with Gasteiger partial charge < -0.3 is 10.1 Å². The maximum Gasteiger partial charge on any atom is 0.0953 e. The van der Waals surface area contributed by atoms with E-state index in [0.29, 0.717) is 12.0 Å². The van der Waals surface area contributed by atoms with E-state index in [9.17, 15) is 0 Å². The predicted molar refractivity (Wildman–Crippen MR) is 62.5 cm³/mol. The normalized spacial score (nSPS) is 22.2. The molecule has 0 radical (unpaired) electrons. The van der Waals surface area contributed by atoms with Crippen LogP contribution in [0.15, 0.2) is 5.38 Å². The van der Waals surface area contributed by atoms with Gasteiger partial charge in [-0.05, 0) is 0 Å². The van der Waals surface area contributed by atoms with Gasteiger partial charge in [-0.1, -0.05) is 13.8 Å². The van der Waals surface area contributed by atoms with Crippen molar-refractivity contribution in [2.45, 2.75) is 32.2 Å². The van der Waals surface area contributed by atoms with Crippen LogP contribution in [0, 0.1) is 0 Å². The summed E-state index contributed by atoms with van der Waals surface area (Å²) < 4.78 is 5.42. The van der Waals surface area contributed by atoms with Crippen molar-refractivity contribution in [3.63, 3.8) is 0 Å². The van der Waals surface area contributed by atoms with Gasteiger partial charge in [0, 0.05) is 30.3 Å². The molecular formula is C11H18N2OS. The van der Waals surface area contributed by atoms with Crippen molar-refractivity contribution < 1.29 is 4.74 Å². The van der Waals surface area contributed by atoms with Gasteiger partial charge in [-0.15, -0.1) is 11.3 Å². The first-order chi connectivity index (χ1) is 7.25. The lowest BCUT2D eigenvalue weighted by atomic mass is 10.1. The van der Waals surface area contributed by atoms with Crippen LogP contribution in [-0.4, -0.2) is 30.8 Å². The van der Waals surface area contributed by atoms with Crippen molar-refractivity contribution in [3.05, 3.63) is 16.1 Å². The van der Waals surface area contributed by atoms with Gasteiger partial charge in [-0.3, -0.25) is 0 Å². The van der Waals surface area contributed by atoms with Crippen LogP contribution >= 0.6 is 11.3 Å². The lowest BCUT2D eigenvalue weighted by Crippen LogP contribution is -2.42. The lowest BCUT2D eigenvalue weighted by Gasteiger charge is -2.22. The standard InChI is InChI=1S/C11H18N2OS/c1-8(2)11-13-10(7-15-11)5-9-6-14-4-3-12-9/h7-9,12H,3-6H2,1-2H3.